The summed E-state index contributed by atoms with van der Waals surface area (Å²) in [6.45, 7) is 1.49. The van der Waals surface area contributed by atoms with E-state index in [1.165, 1.54) is 30.5 Å². The quantitative estimate of drug-likeness (QED) is 0.531. The second-order valence-electron chi connectivity index (χ2n) is 8.60. The zero-order chi connectivity index (χ0) is 23.3. The average molecular weight is 447 g/mol. The Morgan fingerprint density at radius 3 is 2.91 bits per heavy atom. The Bertz CT molecular complexity index is 1320. The van der Waals surface area contributed by atoms with E-state index < -0.39 is 17.4 Å². The van der Waals surface area contributed by atoms with Gasteiger partial charge in [0.25, 0.3) is 0 Å². The van der Waals surface area contributed by atoms with Gasteiger partial charge in [-0.25, -0.2) is 8.78 Å². The predicted molar refractivity (Wildman–Crippen MR) is 125 cm³/mol. The number of rotatable bonds is 2. The predicted octanol–water partition coefficient (Wildman–Crippen LogP) is 3.40. The van der Waals surface area contributed by atoms with Crippen LogP contribution in [0.3, 0.4) is 0 Å². The number of terminal acetylenes is 1. The molecule has 168 valence electrons. The Labute approximate surface area is 190 Å². The Hall–Kier alpha value is -3.70. The van der Waals surface area contributed by atoms with E-state index in [1.807, 2.05) is 4.90 Å². The maximum atomic E-state index is 15.6. The van der Waals surface area contributed by atoms with Gasteiger partial charge in [-0.3, -0.25) is 10.4 Å². The van der Waals surface area contributed by atoms with Crippen molar-refractivity contribution >= 4 is 28.4 Å². The summed E-state index contributed by atoms with van der Waals surface area (Å²) in [5.41, 5.74) is 6.10. The summed E-state index contributed by atoms with van der Waals surface area (Å²) in [7, 11) is 0. The molecular formula is C25H23F2N5O. The van der Waals surface area contributed by atoms with Crippen molar-refractivity contribution < 1.29 is 13.9 Å². The van der Waals surface area contributed by atoms with Crippen LogP contribution in [0, 0.1) is 23.6 Å². The zero-order valence-electron chi connectivity index (χ0n) is 17.8. The lowest BCUT2D eigenvalue weighted by atomic mass is 9.94. The summed E-state index contributed by atoms with van der Waals surface area (Å²) < 4.78 is 30.0. The third kappa shape index (κ3) is 3.45. The standard InChI is InChI=1S/C25H23F2N5O/c1-2-17-20(26)7-6-13-8-16(33)9-18(21(13)17)24-22(27)23(28)19(11-31-24)25(29)32-12-14-4-3-5-15(32)10-30-14/h1,6-9,11,14-15,28,30,33H,3-5,10,12,29H2/b25-19+,28-23?. The summed E-state index contributed by atoms with van der Waals surface area (Å²) in [5, 5.41) is 22.9. The first kappa shape index (κ1) is 21.2. The van der Waals surface area contributed by atoms with Crippen LogP contribution in [-0.2, 0) is 0 Å². The van der Waals surface area contributed by atoms with Crippen LogP contribution in [0.1, 0.15) is 30.4 Å². The van der Waals surface area contributed by atoms with Gasteiger partial charge in [-0.2, -0.15) is 0 Å². The van der Waals surface area contributed by atoms with Crippen LogP contribution in [0.5, 0.6) is 5.75 Å². The van der Waals surface area contributed by atoms with E-state index in [-0.39, 0.29) is 39.6 Å². The van der Waals surface area contributed by atoms with Crippen molar-refractivity contribution in [3.8, 4) is 18.1 Å². The summed E-state index contributed by atoms with van der Waals surface area (Å²) in [6.07, 6.45) is 10.0. The van der Waals surface area contributed by atoms with Gasteiger partial charge in [0, 0.05) is 42.3 Å². The number of aliphatic imine (C=N–C) groups is 1. The molecule has 0 radical (unpaired) electrons. The van der Waals surface area contributed by atoms with Crippen LogP contribution < -0.4 is 11.1 Å². The number of halogens is 2. The molecule has 3 fully saturated rings. The van der Waals surface area contributed by atoms with E-state index in [4.69, 9.17) is 17.6 Å². The molecular weight excluding hydrogens is 424 g/mol. The van der Waals surface area contributed by atoms with Crippen molar-refractivity contribution in [2.45, 2.75) is 31.3 Å². The lowest BCUT2D eigenvalue weighted by molar-refractivity contribution is 0.186. The second-order valence-corrected chi connectivity index (χ2v) is 8.60. The van der Waals surface area contributed by atoms with Crippen molar-refractivity contribution in [2.75, 3.05) is 13.1 Å². The highest BCUT2D eigenvalue weighted by Crippen LogP contribution is 2.37. The summed E-state index contributed by atoms with van der Waals surface area (Å²) >= 11 is 0. The lowest BCUT2D eigenvalue weighted by Crippen LogP contribution is -2.55. The highest BCUT2D eigenvalue weighted by molar-refractivity contribution is 6.27. The van der Waals surface area contributed by atoms with Crippen LogP contribution in [0.4, 0.5) is 8.78 Å². The molecule has 8 heteroatoms. The highest BCUT2D eigenvalue weighted by Gasteiger charge is 2.34. The Morgan fingerprint density at radius 1 is 1.30 bits per heavy atom. The number of hydrogen-bond donors (Lipinski definition) is 4. The Morgan fingerprint density at radius 2 is 2.12 bits per heavy atom. The molecule has 4 aliphatic heterocycles. The molecule has 2 unspecified atom stereocenters. The van der Waals surface area contributed by atoms with Gasteiger partial charge in [-0.05, 0) is 42.8 Å². The minimum atomic E-state index is -0.910. The van der Waals surface area contributed by atoms with Gasteiger partial charge in [0.1, 0.15) is 28.8 Å². The number of fused-ring (bicyclic) bond motifs is 5. The van der Waals surface area contributed by atoms with Gasteiger partial charge in [0.05, 0.1) is 11.1 Å². The van der Waals surface area contributed by atoms with E-state index in [1.54, 1.807) is 0 Å². The molecule has 0 amide bonds. The first-order chi connectivity index (χ1) is 15.9. The number of benzene rings is 2. The molecule has 6 nitrogen and oxygen atoms in total. The van der Waals surface area contributed by atoms with E-state index in [0.29, 0.717) is 23.8 Å². The molecule has 33 heavy (non-hydrogen) atoms. The second kappa shape index (κ2) is 8.01. The average Bonchev–Trinajstić information content (AvgIpc) is 3.16. The molecule has 2 aromatic rings. The number of aromatic hydroxyl groups is 1. The monoisotopic (exact) mass is 447 g/mol. The largest absolute Gasteiger partial charge is 0.508 e. The van der Waals surface area contributed by atoms with E-state index in [9.17, 15) is 9.50 Å². The normalized spacial score (nSPS) is 24.3. The Balaban J connectivity index is 1.61. The van der Waals surface area contributed by atoms with Crippen LogP contribution >= 0.6 is 0 Å². The minimum Gasteiger partial charge on any atom is -0.508 e. The molecule has 4 heterocycles. The van der Waals surface area contributed by atoms with Crippen LogP contribution in [0.2, 0.25) is 0 Å². The van der Waals surface area contributed by atoms with Gasteiger partial charge in [0.2, 0.25) is 0 Å². The number of piperazine rings is 1. The fraction of sp³-hybridized carbons (Fsp3) is 0.280. The van der Waals surface area contributed by atoms with Crippen LogP contribution in [0.25, 0.3) is 16.5 Å². The van der Waals surface area contributed by atoms with Gasteiger partial charge in [0.15, 0.2) is 5.83 Å². The molecule has 2 aromatic carbocycles. The fourth-order valence-electron chi connectivity index (χ4n) is 4.99. The van der Waals surface area contributed by atoms with Crippen molar-refractivity contribution in [1.29, 1.82) is 5.41 Å². The molecule has 6 rings (SSSR count). The first-order valence-corrected chi connectivity index (χ1v) is 10.8. The molecule has 4 aliphatic rings. The molecule has 0 spiro atoms. The van der Waals surface area contributed by atoms with Crippen LogP contribution in [-0.4, -0.2) is 47.1 Å². The minimum absolute atomic E-state index is 0.0570. The lowest BCUT2D eigenvalue weighted by Gasteiger charge is -2.40. The maximum Gasteiger partial charge on any atom is 0.175 e. The van der Waals surface area contributed by atoms with Crippen LogP contribution in [0.15, 0.2) is 46.5 Å². The molecule has 2 bridgehead atoms. The highest BCUT2D eigenvalue weighted by atomic mass is 19.1. The number of nitrogens with two attached hydrogens (primary N) is 1. The Kier molecular flexibility index (Phi) is 5.14. The third-order valence-corrected chi connectivity index (χ3v) is 6.65. The third-order valence-electron chi connectivity index (χ3n) is 6.65. The topological polar surface area (TPSA) is 97.7 Å². The van der Waals surface area contributed by atoms with E-state index in [2.05, 4.69) is 16.2 Å². The molecule has 5 N–H and O–H groups in total. The zero-order valence-corrected chi connectivity index (χ0v) is 17.8. The van der Waals surface area contributed by atoms with Gasteiger partial charge >= 0.3 is 0 Å². The summed E-state index contributed by atoms with van der Waals surface area (Å²) in [5.74, 6) is 0.936. The molecule has 0 saturated carbocycles. The number of hydrogen-bond acceptors (Lipinski definition) is 6. The van der Waals surface area contributed by atoms with Crippen molar-refractivity contribution in [3.05, 3.63) is 58.4 Å². The number of nitrogens with zero attached hydrogens (tertiary/aromatic N) is 2. The fourth-order valence-corrected chi connectivity index (χ4v) is 4.99. The van der Waals surface area contributed by atoms with Gasteiger partial charge in [-0.1, -0.05) is 12.0 Å². The van der Waals surface area contributed by atoms with E-state index in [0.717, 1.165) is 25.8 Å². The van der Waals surface area contributed by atoms with Crippen molar-refractivity contribution in [2.24, 2.45) is 10.7 Å². The smallest absolute Gasteiger partial charge is 0.175 e. The van der Waals surface area contributed by atoms with Gasteiger partial charge < -0.3 is 21.1 Å². The molecule has 2 atom stereocenters. The maximum absolute atomic E-state index is 15.6. The number of phenolic OH excluding ortho intramolecular Hbond substituents is 1. The number of allylic oxidation sites excluding steroid dienone is 2. The number of nitrogens with one attached hydrogen (secondary N) is 2. The molecule has 0 aliphatic carbocycles. The molecule has 0 aromatic heterocycles. The van der Waals surface area contributed by atoms with E-state index >= 15 is 4.39 Å². The van der Waals surface area contributed by atoms with Crippen molar-refractivity contribution in [1.82, 2.24) is 10.2 Å². The summed E-state index contributed by atoms with van der Waals surface area (Å²) in [6, 6.07) is 5.84. The van der Waals surface area contributed by atoms with Crippen molar-refractivity contribution in [3.63, 3.8) is 0 Å². The van der Waals surface area contributed by atoms with Gasteiger partial charge in [-0.15, -0.1) is 6.42 Å². The molecule has 3 saturated heterocycles. The number of phenols is 1. The SMILES string of the molecule is C#Cc1c(F)ccc2cc(O)cc(C3=C(F)C(=N)/C(=C(\N)N4CC5CCCC4CN5)C=N3)c12. The first-order valence-electron chi connectivity index (χ1n) is 10.8. The summed E-state index contributed by atoms with van der Waals surface area (Å²) in [4.78, 5) is 6.31.